The Morgan fingerprint density at radius 3 is 2.62 bits per heavy atom. The summed E-state index contributed by atoms with van der Waals surface area (Å²) in [6.07, 6.45) is 5.12. The highest BCUT2D eigenvalue weighted by Crippen LogP contribution is 2.35. The van der Waals surface area contributed by atoms with Gasteiger partial charge in [-0.15, -0.1) is 0 Å². The van der Waals surface area contributed by atoms with E-state index in [1.807, 2.05) is 13.0 Å². The van der Waals surface area contributed by atoms with Gasteiger partial charge in [-0.1, -0.05) is 48.6 Å². The number of rotatable bonds is 5. The normalized spacial score (nSPS) is 13.4. The SMILES string of the molecule is C=C(/C=C\C(=C/C)c1nc2c(cc1Cl)OCCO2)NC(=S)c1c(F)cccc1F. The Morgan fingerprint density at radius 2 is 1.93 bits per heavy atom. The summed E-state index contributed by atoms with van der Waals surface area (Å²) >= 11 is 11.4. The molecule has 8 heteroatoms. The highest BCUT2D eigenvalue weighted by Gasteiger charge is 2.18. The van der Waals surface area contributed by atoms with E-state index in [2.05, 4.69) is 16.9 Å². The van der Waals surface area contributed by atoms with E-state index in [0.717, 1.165) is 12.1 Å². The fourth-order valence-corrected chi connectivity index (χ4v) is 3.20. The van der Waals surface area contributed by atoms with Crippen molar-refractivity contribution in [2.24, 2.45) is 0 Å². The Kier molecular flexibility index (Phi) is 6.61. The van der Waals surface area contributed by atoms with Crippen LogP contribution in [0.2, 0.25) is 5.02 Å². The molecule has 2 aromatic rings. The number of thiocarbonyl (C=S) groups is 1. The minimum atomic E-state index is -0.749. The molecule has 1 aliphatic rings. The van der Waals surface area contributed by atoms with Crippen molar-refractivity contribution in [3.8, 4) is 11.6 Å². The Bertz CT molecular complexity index is 1020. The van der Waals surface area contributed by atoms with Gasteiger partial charge in [-0.25, -0.2) is 13.8 Å². The molecule has 1 aromatic carbocycles. The highest BCUT2D eigenvalue weighted by molar-refractivity contribution is 7.80. The molecule has 1 aromatic heterocycles. The summed E-state index contributed by atoms with van der Waals surface area (Å²) < 4.78 is 38.7. The topological polar surface area (TPSA) is 43.4 Å². The largest absolute Gasteiger partial charge is 0.484 e. The van der Waals surface area contributed by atoms with Crippen LogP contribution in [0, 0.1) is 11.6 Å². The van der Waals surface area contributed by atoms with E-state index in [0.29, 0.717) is 46.8 Å². The summed E-state index contributed by atoms with van der Waals surface area (Å²) in [5.74, 6) is -0.634. The molecule has 0 aliphatic carbocycles. The second-order valence-electron chi connectivity index (χ2n) is 5.97. The van der Waals surface area contributed by atoms with Crippen LogP contribution in [0.15, 0.2) is 54.8 Å². The van der Waals surface area contributed by atoms with Crippen LogP contribution < -0.4 is 14.8 Å². The fourth-order valence-electron chi connectivity index (χ4n) is 2.62. The predicted octanol–water partition coefficient (Wildman–Crippen LogP) is 5.22. The molecule has 0 saturated heterocycles. The molecule has 4 nitrogen and oxygen atoms in total. The zero-order valence-corrected chi connectivity index (χ0v) is 17.0. The molecule has 0 atom stereocenters. The molecular weight excluding hydrogens is 418 g/mol. The molecule has 1 aliphatic heterocycles. The van der Waals surface area contributed by atoms with Gasteiger partial charge in [-0.3, -0.25) is 0 Å². The predicted molar refractivity (Wildman–Crippen MR) is 113 cm³/mol. The van der Waals surface area contributed by atoms with Crippen molar-refractivity contribution in [1.29, 1.82) is 0 Å². The number of halogens is 3. The van der Waals surface area contributed by atoms with Crippen molar-refractivity contribution in [2.45, 2.75) is 6.92 Å². The number of fused-ring (bicyclic) bond motifs is 1. The average Bonchev–Trinajstić information content (AvgIpc) is 2.68. The van der Waals surface area contributed by atoms with Crippen molar-refractivity contribution in [2.75, 3.05) is 13.2 Å². The molecule has 0 fully saturated rings. The van der Waals surface area contributed by atoms with E-state index in [4.69, 9.17) is 33.3 Å². The number of ether oxygens (including phenoxy) is 2. The van der Waals surface area contributed by atoms with Crippen LogP contribution in [-0.2, 0) is 0 Å². The van der Waals surface area contributed by atoms with Crippen LogP contribution in [0.5, 0.6) is 11.6 Å². The summed E-state index contributed by atoms with van der Waals surface area (Å²) in [5.41, 5.74) is 1.23. The van der Waals surface area contributed by atoms with Gasteiger partial charge in [0.15, 0.2) is 5.75 Å². The summed E-state index contributed by atoms with van der Waals surface area (Å²) in [6.45, 7) is 6.49. The maximum Gasteiger partial charge on any atom is 0.257 e. The lowest BCUT2D eigenvalue weighted by atomic mass is 10.1. The van der Waals surface area contributed by atoms with Gasteiger partial charge in [0.25, 0.3) is 5.88 Å². The first-order chi connectivity index (χ1) is 13.9. The molecule has 0 bridgehead atoms. The van der Waals surface area contributed by atoms with Gasteiger partial charge in [-0.05, 0) is 30.7 Å². The first-order valence-corrected chi connectivity index (χ1v) is 9.44. The number of nitrogens with one attached hydrogen (secondary N) is 1. The van der Waals surface area contributed by atoms with Gasteiger partial charge in [0.1, 0.15) is 29.8 Å². The number of hydrogen-bond donors (Lipinski definition) is 1. The Labute approximate surface area is 177 Å². The molecule has 0 amide bonds. The molecule has 2 heterocycles. The Balaban J connectivity index is 1.76. The minimum Gasteiger partial charge on any atom is -0.484 e. The zero-order chi connectivity index (χ0) is 21.0. The van der Waals surface area contributed by atoms with Crippen molar-refractivity contribution < 1.29 is 18.3 Å². The van der Waals surface area contributed by atoms with Gasteiger partial charge in [0.05, 0.1) is 16.3 Å². The first kappa shape index (κ1) is 21.0. The van der Waals surface area contributed by atoms with E-state index in [1.165, 1.54) is 6.07 Å². The molecule has 29 heavy (non-hydrogen) atoms. The average molecular weight is 435 g/mol. The number of aromatic nitrogens is 1. The molecule has 0 spiro atoms. The molecule has 150 valence electrons. The molecule has 0 unspecified atom stereocenters. The van der Waals surface area contributed by atoms with Crippen LogP contribution >= 0.6 is 23.8 Å². The summed E-state index contributed by atoms with van der Waals surface area (Å²) in [5, 5.41) is 3.12. The summed E-state index contributed by atoms with van der Waals surface area (Å²) in [4.78, 5) is 4.32. The van der Waals surface area contributed by atoms with E-state index < -0.39 is 11.6 Å². The van der Waals surface area contributed by atoms with E-state index >= 15 is 0 Å². The highest BCUT2D eigenvalue weighted by atomic mass is 35.5. The number of nitrogens with zero attached hydrogens (tertiary/aromatic N) is 1. The maximum atomic E-state index is 13.9. The lowest BCUT2D eigenvalue weighted by Gasteiger charge is -2.18. The number of hydrogen-bond acceptors (Lipinski definition) is 4. The Morgan fingerprint density at radius 1 is 1.24 bits per heavy atom. The molecule has 0 saturated carbocycles. The third-order valence-corrected chi connectivity index (χ3v) is 4.59. The van der Waals surface area contributed by atoms with Crippen molar-refractivity contribution >= 4 is 34.4 Å². The quantitative estimate of drug-likeness (QED) is 0.516. The van der Waals surface area contributed by atoms with Crippen LogP contribution in [0.1, 0.15) is 18.2 Å². The van der Waals surface area contributed by atoms with Crippen LogP contribution in [0.25, 0.3) is 5.57 Å². The van der Waals surface area contributed by atoms with Crippen LogP contribution in [0.4, 0.5) is 8.78 Å². The lowest BCUT2D eigenvalue weighted by Crippen LogP contribution is -2.22. The van der Waals surface area contributed by atoms with Crippen molar-refractivity contribution in [1.82, 2.24) is 10.3 Å². The second kappa shape index (κ2) is 9.15. The fraction of sp³-hybridized carbons (Fsp3) is 0.143. The smallest absolute Gasteiger partial charge is 0.257 e. The van der Waals surface area contributed by atoms with E-state index in [-0.39, 0.29) is 10.6 Å². The maximum absolute atomic E-state index is 13.9. The lowest BCUT2D eigenvalue weighted by molar-refractivity contribution is 0.164. The van der Waals surface area contributed by atoms with Crippen molar-refractivity contribution in [3.05, 3.63) is 82.7 Å². The van der Waals surface area contributed by atoms with Crippen LogP contribution in [0.3, 0.4) is 0 Å². The van der Waals surface area contributed by atoms with Gasteiger partial charge in [0.2, 0.25) is 0 Å². The second-order valence-corrected chi connectivity index (χ2v) is 6.79. The molecule has 3 rings (SSSR count). The molecule has 1 N–H and O–H groups in total. The first-order valence-electron chi connectivity index (χ1n) is 8.66. The zero-order valence-electron chi connectivity index (χ0n) is 15.5. The summed E-state index contributed by atoms with van der Waals surface area (Å²) in [7, 11) is 0. The minimum absolute atomic E-state index is 0.104. The van der Waals surface area contributed by atoms with Crippen LogP contribution in [-0.4, -0.2) is 23.2 Å². The number of benzene rings is 1. The molecule has 0 radical (unpaired) electrons. The summed E-state index contributed by atoms with van der Waals surface area (Å²) in [6, 6.07) is 5.20. The monoisotopic (exact) mass is 434 g/mol. The molecular formula is C21H17ClF2N2O2S. The Hall–Kier alpha value is -2.77. The van der Waals surface area contributed by atoms with E-state index in [9.17, 15) is 8.78 Å². The van der Waals surface area contributed by atoms with E-state index in [1.54, 1.807) is 18.2 Å². The number of pyridine rings is 1. The standard InChI is InChI=1S/C21H17ClF2N2O2S/c1-3-13(19-14(22)11-17-20(26-19)28-10-9-27-17)8-7-12(2)25-21(29)18-15(23)5-4-6-16(18)24/h3-8,11H,2,9-10H2,1H3,(H,25,29)/b8-7-,13-3+. The van der Waals surface area contributed by atoms with Gasteiger partial charge < -0.3 is 14.8 Å². The number of allylic oxidation sites excluding steroid dienone is 4. The third-order valence-electron chi connectivity index (χ3n) is 4.00. The van der Waals surface area contributed by atoms with Gasteiger partial charge in [0, 0.05) is 11.8 Å². The van der Waals surface area contributed by atoms with Crippen molar-refractivity contribution in [3.63, 3.8) is 0 Å². The van der Waals surface area contributed by atoms with Gasteiger partial charge in [-0.2, -0.15) is 0 Å². The van der Waals surface area contributed by atoms with Gasteiger partial charge >= 0.3 is 0 Å². The third kappa shape index (κ3) is 4.81.